The largest absolute Gasteiger partial charge is 0.492 e. The average molecular weight is 265 g/mol. The van der Waals surface area contributed by atoms with Crippen molar-refractivity contribution in [2.75, 3.05) is 6.61 Å². The highest BCUT2D eigenvalue weighted by Gasteiger charge is 2.17. The van der Waals surface area contributed by atoms with Crippen molar-refractivity contribution in [1.29, 1.82) is 0 Å². The standard InChI is InChI=1S/C17H12FNO/c18-14-5-4-12-8-13(10-19-16(12)9-14)15-3-1-2-11-6-7-20-17(11)15/h1-5,8-10H,6-7H2. The summed E-state index contributed by atoms with van der Waals surface area (Å²) in [7, 11) is 0. The van der Waals surface area contributed by atoms with Crippen molar-refractivity contribution < 1.29 is 9.13 Å². The molecule has 1 aliphatic rings. The van der Waals surface area contributed by atoms with Crippen molar-refractivity contribution in [2.45, 2.75) is 6.42 Å². The molecule has 2 nitrogen and oxygen atoms in total. The second kappa shape index (κ2) is 4.30. The fourth-order valence-electron chi connectivity index (χ4n) is 2.68. The maximum Gasteiger partial charge on any atom is 0.130 e. The average Bonchev–Trinajstić information content (AvgIpc) is 2.95. The molecule has 0 saturated carbocycles. The van der Waals surface area contributed by atoms with Crippen LogP contribution in [0.15, 0.2) is 48.7 Å². The quantitative estimate of drug-likeness (QED) is 0.664. The van der Waals surface area contributed by atoms with E-state index in [0.29, 0.717) is 5.52 Å². The molecule has 20 heavy (non-hydrogen) atoms. The number of halogens is 1. The Bertz CT molecular complexity index is 813. The Morgan fingerprint density at radius 1 is 1.10 bits per heavy atom. The summed E-state index contributed by atoms with van der Waals surface area (Å²) in [6.45, 7) is 0.735. The first-order valence-electron chi connectivity index (χ1n) is 6.62. The van der Waals surface area contributed by atoms with E-state index in [9.17, 15) is 4.39 Å². The van der Waals surface area contributed by atoms with Gasteiger partial charge in [0.2, 0.25) is 0 Å². The van der Waals surface area contributed by atoms with Gasteiger partial charge >= 0.3 is 0 Å². The van der Waals surface area contributed by atoms with E-state index in [2.05, 4.69) is 11.1 Å². The monoisotopic (exact) mass is 265 g/mol. The smallest absolute Gasteiger partial charge is 0.130 e. The van der Waals surface area contributed by atoms with Crippen molar-refractivity contribution in [3.8, 4) is 16.9 Å². The first-order valence-corrected chi connectivity index (χ1v) is 6.62. The topological polar surface area (TPSA) is 22.1 Å². The number of hydrogen-bond donors (Lipinski definition) is 0. The zero-order valence-corrected chi connectivity index (χ0v) is 10.8. The molecule has 98 valence electrons. The zero-order valence-electron chi connectivity index (χ0n) is 10.8. The first-order chi connectivity index (χ1) is 9.81. The van der Waals surface area contributed by atoms with E-state index < -0.39 is 0 Å². The number of para-hydroxylation sites is 1. The number of ether oxygens (including phenoxy) is 1. The molecule has 3 aromatic rings. The molecule has 1 aromatic heterocycles. The molecule has 0 spiro atoms. The van der Waals surface area contributed by atoms with Crippen LogP contribution in [0.4, 0.5) is 4.39 Å². The fraction of sp³-hybridized carbons (Fsp3) is 0.118. The lowest BCUT2D eigenvalue weighted by molar-refractivity contribution is 0.358. The number of fused-ring (bicyclic) bond motifs is 2. The first kappa shape index (κ1) is 11.4. The third kappa shape index (κ3) is 1.74. The van der Waals surface area contributed by atoms with Gasteiger partial charge in [-0.05, 0) is 23.8 Å². The summed E-state index contributed by atoms with van der Waals surface area (Å²) < 4.78 is 18.9. The van der Waals surface area contributed by atoms with Crippen LogP contribution >= 0.6 is 0 Å². The third-order valence-electron chi connectivity index (χ3n) is 3.67. The molecule has 0 saturated heterocycles. The van der Waals surface area contributed by atoms with Gasteiger partial charge in [0.05, 0.1) is 12.1 Å². The predicted octanol–water partition coefficient (Wildman–Crippen LogP) is 3.98. The summed E-state index contributed by atoms with van der Waals surface area (Å²) in [4.78, 5) is 4.35. The molecule has 0 aliphatic carbocycles. The Hall–Kier alpha value is -2.42. The highest BCUT2D eigenvalue weighted by Crippen LogP contribution is 2.37. The number of hydrogen-bond acceptors (Lipinski definition) is 2. The molecular weight excluding hydrogens is 253 g/mol. The minimum Gasteiger partial charge on any atom is -0.492 e. The normalized spacial score (nSPS) is 13.2. The molecule has 0 bridgehead atoms. The van der Waals surface area contributed by atoms with Crippen LogP contribution in [0.2, 0.25) is 0 Å². The van der Waals surface area contributed by atoms with Gasteiger partial charge in [-0.3, -0.25) is 4.98 Å². The maximum absolute atomic E-state index is 13.2. The van der Waals surface area contributed by atoms with E-state index in [4.69, 9.17) is 4.74 Å². The maximum atomic E-state index is 13.2. The molecule has 0 atom stereocenters. The van der Waals surface area contributed by atoms with Crippen molar-refractivity contribution in [2.24, 2.45) is 0 Å². The van der Waals surface area contributed by atoms with Crippen molar-refractivity contribution in [1.82, 2.24) is 4.98 Å². The van der Waals surface area contributed by atoms with Gasteiger partial charge in [0.15, 0.2) is 0 Å². The molecular formula is C17H12FNO. The predicted molar refractivity (Wildman–Crippen MR) is 76.3 cm³/mol. The van der Waals surface area contributed by atoms with E-state index in [0.717, 1.165) is 35.3 Å². The van der Waals surface area contributed by atoms with Gasteiger partial charge < -0.3 is 4.74 Å². The summed E-state index contributed by atoms with van der Waals surface area (Å²) in [5.41, 5.74) is 3.96. The third-order valence-corrected chi connectivity index (χ3v) is 3.67. The number of benzene rings is 2. The van der Waals surface area contributed by atoms with Crippen LogP contribution in [0.3, 0.4) is 0 Å². The highest BCUT2D eigenvalue weighted by atomic mass is 19.1. The summed E-state index contributed by atoms with van der Waals surface area (Å²) >= 11 is 0. The molecule has 3 heteroatoms. The second-order valence-corrected chi connectivity index (χ2v) is 4.95. The SMILES string of the molecule is Fc1ccc2cc(-c3cccc4c3OCC4)cnc2c1. The van der Waals surface area contributed by atoms with Crippen molar-refractivity contribution in [3.05, 3.63) is 60.0 Å². The fourth-order valence-corrected chi connectivity index (χ4v) is 2.68. The van der Waals surface area contributed by atoms with Crippen molar-refractivity contribution >= 4 is 10.9 Å². The molecule has 2 aromatic carbocycles. The van der Waals surface area contributed by atoms with Crippen molar-refractivity contribution in [3.63, 3.8) is 0 Å². The van der Waals surface area contributed by atoms with E-state index in [1.807, 2.05) is 18.2 Å². The highest BCUT2D eigenvalue weighted by molar-refractivity contribution is 5.85. The van der Waals surface area contributed by atoms with E-state index in [1.54, 1.807) is 12.3 Å². The van der Waals surface area contributed by atoms with Gasteiger partial charge in [-0.15, -0.1) is 0 Å². The van der Waals surface area contributed by atoms with Crippen LogP contribution in [-0.2, 0) is 6.42 Å². The number of aromatic nitrogens is 1. The lowest BCUT2D eigenvalue weighted by Gasteiger charge is -2.08. The Morgan fingerprint density at radius 2 is 2.05 bits per heavy atom. The molecule has 0 fully saturated rings. The molecule has 2 heterocycles. The Labute approximate surface area is 115 Å². The zero-order chi connectivity index (χ0) is 13.5. The van der Waals surface area contributed by atoms with Crippen LogP contribution in [0.5, 0.6) is 5.75 Å². The molecule has 0 unspecified atom stereocenters. The minimum atomic E-state index is -0.262. The number of nitrogens with zero attached hydrogens (tertiary/aromatic N) is 1. The molecule has 0 radical (unpaired) electrons. The second-order valence-electron chi connectivity index (χ2n) is 4.95. The van der Waals surface area contributed by atoms with E-state index >= 15 is 0 Å². The Morgan fingerprint density at radius 3 is 3.00 bits per heavy atom. The summed E-state index contributed by atoms with van der Waals surface area (Å²) in [5, 5.41) is 0.930. The summed E-state index contributed by atoms with van der Waals surface area (Å²) in [6.07, 6.45) is 2.73. The number of rotatable bonds is 1. The van der Waals surface area contributed by atoms with Gasteiger partial charge in [-0.2, -0.15) is 0 Å². The summed E-state index contributed by atoms with van der Waals surface area (Å²) in [6, 6.07) is 12.9. The van der Waals surface area contributed by atoms with Crippen LogP contribution in [0.25, 0.3) is 22.0 Å². The van der Waals surface area contributed by atoms with Crippen LogP contribution in [0, 0.1) is 5.82 Å². The van der Waals surface area contributed by atoms with Gasteiger partial charge in [-0.25, -0.2) is 4.39 Å². The Balaban J connectivity index is 1.91. The molecule has 0 amide bonds. The van der Waals surface area contributed by atoms with Gasteiger partial charge in [0, 0.05) is 35.2 Å². The van der Waals surface area contributed by atoms with Gasteiger partial charge in [0.1, 0.15) is 11.6 Å². The van der Waals surface area contributed by atoms with E-state index in [-0.39, 0.29) is 5.82 Å². The van der Waals surface area contributed by atoms with Crippen LogP contribution in [-0.4, -0.2) is 11.6 Å². The Kier molecular flexibility index (Phi) is 2.46. The molecule has 4 rings (SSSR count). The lowest BCUT2D eigenvalue weighted by Crippen LogP contribution is -1.90. The molecule has 0 N–H and O–H groups in total. The van der Waals surface area contributed by atoms with Gasteiger partial charge in [0.25, 0.3) is 0 Å². The number of pyridine rings is 1. The van der Waals surface area contributed by atoms with Gasteiger partial charge in [-0.1, -0.05) is 18.2 Å². The van der Waals surface area contributed by atoms with E-state index in [1.165, 1.54) is 17.7 Å². The molecule has 1 aliphatic heterocycles. The van der Waals surface area contributed by atoms with Crippen LogP contribution in [0.1, 0.15) is 5.56 Å². The lowest BCUT2D eigenvalue weighted by atomic mass is 10.0. The summed E-state index contributed by atoms with van der Waals surface area (Å²) in [5.74, 6) is 0.692. The van der Waals surface area contributed by atoms with Crippen LogP contribution < -0.4 is 4.74 Å². The minimum absolute atomic E-state index is 0.262.